The van der Waals surface area contributed by atoms with Crippen LogP contribution in [0.15, 0.2) is 66.2 Å². The van der Waals surface area contributed by atoms with Crippen LogP contribution in [0.25, 0.3) is 5.76 Å². The summed E-state index contributed by atoms with van der Waals surface area (Å²) in [5, 5.41) is 0. The number of Topliss-reactive ketones (excluding diaryl/α,β-unsaturated/α-hetero) is 1. The molecule has 3 aliphatic heterocycles. The largest absolute Gasteiger partial charge is 0.464 e. The van der Waals surface area contributed by atoms with Gasteiger partial charge in [0.1, 0.15) is 5.76 Å². The van der Waals surface area contributed by atoms with Crippen LogP contribution in [0.4, 0.5) is 5.69 Å². The third kappa shape index (κ3) is 2.81. The summed E-state index contributed by atoms with van der Waals surface area (Å²) >= 11 is 0. The molecule has 3 atom stereocenters. The van der Waals surface area contributed by atoms with Gasteiger partial charge in [-0.1, -0.05) is 48.5 Å². The summed E-state index contributed by atoms with van der Waals surface area (Å²) in [6.07, 6.45) is 0.417. The standard InChI is InChI=1S/C25H23NO6/c1-2-30-24(29)25-18-14-9-15-31-23(18)32-21(16-10-5-3-6-11-16)19(25)20(27)22(28)26(25)17-12-7-4-8-13-17/h3-8,10-13,18,23H,2,9,14-15H2,1H3. The van der Waals surface area contributed by atoms with E-state index in [9.17, 15) is 14.4 Å². The fraction of sp³-hybridized carbons (Fsp3) is 0.320. The number of rotatable bonds is 4. The second-order valence-electron chi connectivity index (χ2n) is 7.97. The van der Waals surface area contributed by atoms with E-state index < -0.39 is 35.4 Å². The van der Waals surface area contributed by atoms with E-state index in [1.54, 1.807) is 43.3 Å². The first-order valence-electron chi connectivity index (χ1n) is 10.8. The zero-order valence-electron chi connectivity index (χ0n) is 17.7. The lowest BCUT2D eigenvalue weighted by Gasteiger charge is -2.49. The van der Waals surface area contributed by atoms with Gasteiger partial charge < -0.3 is 14.2 Å². The Kier molecular flexibility index (Phi) is 5.06. The lowest BCUT2D eigenvalue weighted by molar-refractivity contribution is -0.189. The molecule has 0 aromatic heterocycles. The molecule has 0 aliphatic carbocycles. The van der Waals surface area contributed by atoms with Crippen LogP contribution < -0.4 is 4.90 Å². The minimum atomic E-state index is -1.67. The number of esters is 1. The highest BCUT2D eigenvalue weighted by Crippen LogP contribution is 2.53. The van der Waals surface area contributed by atoms with Crippen molar-refractivity contribution in [3.8, 4) is 0 Å². The molecule has 0 spiro atoms. The summed E-state index contributed by atoms with van der Waals surface area (Å²) in [5.74, 6) is -2.57. The zero-order chi connectivity index (χ0) is 22.3. The normalized spacial score (nSPS) is 27.0. The van der Waals surface area contributed by atoms with Crippen LogP contribution in [-0.2, 0) is 28.6 Å². The average Bonchev–Trinajstić information content (AvgIpc) is 3.08. The van der Waals surface area contributed by atoms with E-state index in [-0.39, 0.29) is 17.9 Å². The summed E-state index contributed by atoms with van der Waals surface area (Å²) in [6.45, 7) is 2.28. The number of hydrogen-bond acceptors (Lipinski definition) is 6. The summed E-state index contributed by atoms with van der Waals surface area (Å²) in [7, 11) is 0. The molecule has 2 saturated heterocycles. The molecular weight excluding hydrogens is 410 g/mol. The van der Waals surface area contributed by atoms with E-state index in [1.165, 1.54) is 4.90 Å². The number of carbonyl (C=O) groups excluding carboxylic acids is 3. The quantitative estimate of drug-likeness (QED) is 0.544. The monoisotopic (exact) mass is 433 g/mol. The highest BCUT2D eigenvalue weighted by molar-refractivity contribution is 6.54. The third-order valence-electron chi connectivity index (χ3n) is 6.26. The second-order valence-corrected chi connectivity index (χ2v) is 7.97. The molecule has 2 fully saturated rings. The Morgan fingerprint density at radius 1 is 1.09 bits per heavy atom. The van der Waals surface area contributed by atoms with Crippen LogP contribution in [0.1, 0.15) is 25.3 Å². The molecule has 7 heteroatoms. The molecule has 0 saturated carbocycles. The van der Waals surface area contributed by atoms with Crippen molar-refractivity contribution in [3.05, 3.63) is 71.8 Å². The van der Waals surface area contributed by atoms with Gasteiger partial charge in [-0.3, -0.25) is 14.5 Å². The second kappa shape index (κ2) is 7.91. The number of anilines is 1. The zero-order valence-corrected chi connectivity index (χ0v) is 17.7. The molecule has 1 amide bonds. The van der Waals surface area contributed by atoms with Gasteiger partial charge in [0.25, 0.3) is 5.78 Å². The molecule has 7 nitrogen and oxygen atoms in total. The minimum Gasteiger partial charge on any atom is -0.464 e. The van der Waals surface area contributed by atoms with E-state index in [4.69, 9.17) is 14.2 Å². The topological polar surface area (TPSA) is 82.1 Å². The molecule has 0 radical (unpaired) electrons. The summed E-state index contributed by atoms with van der Waals surface area (Å²) in [5.41, 5.74) is -0.588. The van der Waals surface area contributed by atoms with Gasteiger partial charge in [0.05, 0.1) is 24.7 Å². The SMILES string of the molecule is CCOC(=O)C12C(=C(c3ccccc3)OC3OCCCC31)C(=O)C(=O)N2c1ccccc1. The number of nitrogens with zero attached hydrogens (tertiary/aromatic N) is 1. The molecule has 3 unspecified atom stereocenters. The number of fused-ring (bicyclic) bond motifs is 3. The van der Waals surface area contributed by atoms with Gasteiger partial charge in [-0.05, 0) is 31.9 Å². The number of hydrogen-bond donors (Lipinski definition) is 0. The highest BCUT2D eigenvalue weighted by Gasteiger charge is 2.70. The van der Waals surface area contributed by atoms with E-state index in [0.717, 1.165) is 0 Å². The van der Waals surface area contributed by atoms with Gasteiger partial charge in [-0.2, -0.15) is 0 Å². The Hall–Kier alpha value is -3.45. The molecule has 0 bridgehead atoms. The van der Waals surface area contributed by atoms with Crippen molar-refractivity contribution < 1.29 is 28.6 Å². The van der Waals surface area contributed by atoms with Crippen molar-refractivity contribution in [3.63, 3.8) is 0 Å². The van der Waals surface area contributed by atoms with Crippen molar-refractivity contribution in [2.45, 2.75) is 31.6 Å². The maximum Gasteiger partial charge on any atom is 0.338 e. The Labute approximate surface area is 185 Å². The van der Waals surface area contributed by atoms with Gasteiger partial charge in [0.15, 0.2) is 5.54 Å². The van der Waals surface area contributed by atoms with Gasteiger partial charge in [-0.25, -0.2) is 4.79 Å². The first-order valence-corrected chi connectivity index (χ1v) is 10.8. The number of ketones is 1. The van der Waals surface area contributed by atoms with Crippen molar-refractivity contribution in [2.75, 3.05) is 18.1 Å². The lowest BCUT2D eigenvalue weighted by Crippen LogP contribution is -2.64. The van der Waals surface area contributed by atoms with E-state index in [1.807, 2.05) is 24.3 Å². The molecule has 5 rings (SSSR count). The molecular formula is C25H23NO6. The molecule has 3 aliphatic rings. The first-order chi connectivity index (χ1) is 15.6. The highest BCUT2D eigenvalue weighted by atomic mass is 16.7. The van der Waals surface area contributed by atoms with E-state index >= 15 is 0 Å². The number of para-hydroxylation sites is 1. The van der Waals surface area contributed by atoms with Crippen LogP contribution in [0.5, 0.6) is 0 Å². The molecule has 2 aromatic carbocycles. The van der Waals surface area contributed by atoms with E-state index in [0.29, 0.717) is 30.7 Å². The van der Waals surface area contributed by atoms with Crippen LogP contribution in [0, 0.1) is 5.92 Å². The maximum atomic E-state index is 13.8. The van der Waals surface area contributed by atoms with Gasteiger partial charge in [0.2, 0.25) is 6.29 Å². The third-order valence-corrected chi connectivity index (χ3v) is 6.26. The van der Waals surface area contributed by atoms with Gasteiger partial charge in [0, 0.05) is 11.3 Å². The number of amides is 1. The number of benzene rings is 2. The van der Waals surface area contributed by atoms with Crippen molar-refractivity contribution in [1.82, 2.24) is 0 Å². The Morgan fingerprint density at radius 3 is 2.47 bits per heavy atom. The lowest BCUT2D eigenvalue weighted by atomic mass is 9.71. The van der Waals surface area contributed by atoms with Crippen molar-refractivity contribution in [2.24, 2.45) is 5.92 Å². The molecule has 32 heavy (non-hydrogen) atoms. The Morgan fingerprint density at radius 2 is 1.78 bits per heavy atom. The summed E-state index contributed by atoms with van der Waals surface area (Å²) in [4.78, 5) is 42.1. The predicted molar refractivity (Wildman–Crippen MR) is 115 cm³/mol. The smallest absolute Gasteiger partial charge is 0.338 e. The number of ether oxygens (including phenoxy) is 3. The molecule has 164 valence electrons. The fourth-order valence-electron chi connectivity index (χ4n) is 5.02. The fourth-order valence-corrected chi connectivity index (χ4v) is 5.02. The van der Waals surface area contributed by atoms with Crippen LogP contribution in [0.2, 0.25) is 0 Å². The summed E-state index contributed by atoms with van der Waals surface area (Å²) in [6, 6.07) is 17.8. The Balaban J connectivity index is 1.85. The predicted octanol–water partition coefficient (Wildman–Crippen LogP) is 3.10. The summed E-state index contributed by atoms with van der Waals surface area (Å²) < 4.78 is 17.7. The van der Waals surface area contributed by atoms with Crippen molar-refractivity contribution >= 4 is 29.1 Å². The van der Waals surface area contributed by atoms with Gasteiger partial charge >= 0.3 is 11.9 Å². The maximum absolute atomic E-state index is 13.8. The number of carbonyl (C=O) groups is 3. The first kappa shape index (κ1) is 20.5. The van der Waals surface area contributed by atoms with Crippen molar-refractivity contribution in [1.29, 1.82) is 0 Å². The molecule has 2 aromatic rings. The molecule has 0 N–H and O–H groups in total. The Bertz CT molecular complexity index is 1100. The average molecular weight is 433 g/mol. The minimum absolute atomic E-state index is 0.0303. The van der Waals surface area contributed by atoms with Crippen LogP contribution >= 0.6 is 0 Å². The molecule has 3 heterocycles. The van der Waals surface area contributed by atoms with E-state index in [2.05, 4.69) is 0 Å². The van der Waals surface area contributed by atoms with Crippen LogP contribution in [-0.4, -0.2) is 42.7 Å². The van der Waals surface area contributed by atoms with Crippen LogP contribution in [0.3, 0.4) is 0 Å². The van der Waals surface area contributed by atoms with Gasteiger partial charge in [-0.15, -0.1) is 0 Å².